The Bertz CT molecular complexity index is 197. The van der Waals surface area contributed by atoms with Crippen molar-refractivity contribution in [2.45, 2.75) is 38.3 Å². The van der Waals surface area contributed by atoms with E-state index in [1.807, 2.05) is 6.92 Å². The van der Waals surface area contributed by atoms with E-state index in [2.05, 4.69) is 10.2 Å². The lowest BCUT2D eigenvalue weighted by Crippen LogP contribution is -2.52. The average molecular weight is 200 g/mol. The van der Waals surface area contributed by atoms with Gasteiger partial charge in [0.15, 0.2) is 0 Å². The van der Waals surface area contributed by atoms with Crippen LogP contribution in [0.2, 0.25) is 0 Å². The van der Waals surface area contributed by atoms with E-state index in [9.17, 15) is 9.90 Å². The number of likely N-dealkylation sites (N-methyl/N-ethyl adjacent to an activating group) is 1. The molecule has 2 N–H and O–H groups in total. The minimum absolute atomic E-state index is 0.0327. The molecule has 1 saturated heterocycles. The van der Waals surface area contributed by atoms with Gasteiger partial charge >= 0.3 is 0 Å². The predicted molar refractivity (Wildman–Crippen MR) is 55.0 cm³/mol. The fourth-order valence-electron chi connectivity index (χ4n) is 2.09. The molecule has 2 atom stereocenters. The first-order valence-corrected chi connectivity index (χ1v) is 5.29. The van der Waals surface area contributed by atoms with E-state index in [-0.39, 0.29) is 24.6 Å². The highest BCUT2D eigenvalue weighted by atomic mass is 16.3. The molecule has 82 valence electrons. The number of likely N-dealkylation sites (tertiary alicyclic amines) is 1. The van der Waals surface area contributed by atoms with Crippen molar-refractivity contribution in [3.05, 3.63) is 0 Å². The lowest BCUT2D eigenvalue weighted by Gasteiger charge is -2.37. The number of carbonyl (C=O) groups is 1. The van der Waals surface area contributed by atoms with Crippen LogP contribution in [0.4, 0.5) is 0 Å². The molecule has 4 nitrogen and oxygen atoms in total. The van der Waals surface area contributed by atoms with E-state index >= 15 is 0 Å². The standard InChI is InChI=1S/C10H20N2O2/c1-8(10(14)11-2)12-6-4-3-5-9(12)7-13/h8-9,13H,3-7H2,1-2H3,(H,11,14). The van der Waals surface area contributed by atoms with Crippen LogP contribution in [0.15, 0.2) is 0 Å². The molecule has 0 saturated carbocycles. The number of nitrogens with one attached hydrogen (secondary N) is 1. The van der Waals surface area contributed by atoms with E-state index < -0.39 is 0 Å². The molecule has 1 aliphatic rings. The highest BCUT2D eigenvalue weighted by Crippen LogP contribution is 2.19. The molecule has 1 rings (SSSR count). The van der Waals surface area contributed by atoms with Crippen molar-refractivity contribution < 1.29 is 9.90 Å². The summed E-state index contributed by atoms with van der Waals surface area (Å²) < 4.78 is 0. The summed E-state index contributed by atoms with van der Waals surface area (Å²) in [5.41, 5.74) is 0. The Hall–Kier alpha value is -0.610. The average Bonchev–Trinajstić information content (AvgIpc) is 2.26. The van der Waals surface area contributed by atoms with Gasteiger partial charge in [0.2, 0.25) is 5.91 Å². The maximum Gasteiger partial charge on any atom is 0.236 e. The number of hydrogen-bond acceptors (Lipinski definition) is 3. The zero-order valence-corrected chi connectivity index (χ0v) is 8.99. The van der Waals surface area contributed by atoms with E-state index in [1.54, 1.807) is 7.05 Å². The molecular weight excluding hydrogens is 180 g/mol. The normalized spacial score (nSPS) is 25.8. The Kier molecular flexibility index (Phi) is 4.35. The molecule has 0 aromatic heterocycles. The number of aliphatic hydroxyl groups excluding tert-OH is 1. The van der Waals surface area contributed by atoms with Gasteiger partial charge < -0.3 is 10.4 Å². The van der Waals surface area contributed by atoms with Crippen LogP contribution in [0, 0.1) is 0 Å². The monoisotopic (exact) mass is 200 g/mol. The van der Waals surface area contributed by atoms with Crippen molar-refractivity contribution in [3.63, 3.8) is 0 Å². The van der Waals surface area contributed by atoms with Crippen LogP contribution >= 0.6 is 0 Å². The van der Waals surface area contributed by atoms with Gasteiger partial charge in [-0.3, -0.25) is 9.69 Å². The number of amides is 1. The summed E-state index contributed by atoms with van der Waals surface area (Å²) in [4.78, 5) is 13.5. The fraction of sp³-hybridized carbons (Fsp3) is 0.900. The van der Waals surface area contributed by atoms with Crippen LogP contribution in [0.3, 0.4) is 0 Å². The molecule has 1 aliphatic heterocycles. The molecule has 0 radical (unpaired) electrons. The van der Waals surface area contributed by atoms with Crippen molar-refractivity contribution in [2.24, 2.45) is 0 Å². The van der Waals surface area contributed by atoms with Gasteiger partial charge in [0, 0.05) is 13.1 Å². The van der Waals surface area contributed by atoms with Crippen LogP contribution in [0.1, 0.15) is 26.2 Å². The molecule has 0 spiro atoms. The van der Waals surface area contributed by atoms with Crippen molar-refractivity contribution in [2.75, 3.05) is 20.2 Å². The first kappa shape index (κ1) is 11.5. The number of rotatable bonds is 3. The smallest absolute Gasteiger partial charge is 0.236 e. The molecule has 1 fully saturated rings. The second-order valence-electron chi connectivity index (χ2n) is 3.86. The number of piperidine rings is 1. The summed E-state index contributed by atoms with van der Waals surface area (Å²) in [5.74, 6) is 0.0327. The summed E-state index contributed by atoms with van der Waals surface area (Å²) in [7, 11) is 1.65. The van der Waals surface area contributed by atoms with Crippen molar-refractivity contribution in [1.82, 2.24) is 10.2 Å². The molecule has 2 unspecified atom stereocenters. The van der Waals surface area contributed by atoms with E-state index in [1.165, 1.54) is 0 Å². The maximum absolute atomic E-state index is 11.4. The minimum atomic E-state index is -0.127. The second-order valence-corrected chi connectivity index (χ2v) is 3.86. The topological polar surface area (TPSA) is 52.6 Å². The van der Waals surface area contributed by atoms with Gasteiger partial charge in [-0.1, -0.05) is 6.42 Å². The largest absolute Gasteiger partial charge is 0.395 e. The Morgan fingerprint density at radius 3 is 2.93 bits per heavy atom. The maximum atomic E-state index is 11.4. The van der Waals surface area contributed by atoms with Gasteiger partial charge in [-0.25, -0.2) is 0 Å². The summed E-state index contributed by atoms with van der Waals surface area (Å²) >= 11 is 0. The lowest BCUT2D eigenvalue weighted by molar-refractivity contribution is -0.127. The molecule has 14 heavy (non-hydrogen) atoms. The third-order valence-electron chi connectivity index (χ3n) is 3.01. The van der Waals surface area contributed by atoms with Crippen LogP contribution in [-0.4, -0.2) is 48.2 Å². The van der Waals surface area contributed by atoms with Gasteiger partial charge in [-0.15, -0.1) is 0 Å². The molecule has 0 aromatic rings. The lowest BCUT2D eigenvalue weighted by atomic mass is 10.0. The van der Waals surface area contributed by atoms with Gasteiger partial charge in [0.25, 0.3) is 0 Å². The number of carbonyl (C=O) groups excluding carboxylic acids is 1. The quantitative estimate of drug-likeness (QED) is 0.672. The molecule has 1 heterocycles. The molecule has 0 aromatic carbocycles. The zero-order valence-electron chi connectivity index (χ0n) is 8.99. The highest BCUT2D eigenvalue weighted by Gasteiger charge is 2.28. The van der Waals surface area contributed by atoms with Gasteiger partial charge in [-0.2, -0.15) is 0 Å². The zero-order chi connectivity index (χ0) is 10.6. The van der Waals surface area contributed by atoms with Gasteiger partial charge in [0.05, 0.1) is 12.6 Å². The van der Waals surface area contributed by atoms with Gasteiger partial charge in [-0.05, 0) is 26.3 Å². The molecular formula is C10H20N2O2. The molecule has 0 bridgehead atoms. The van der Waals surface area contributed by atoms with Crippen LogP contribution in [-0.2, 0) is 4.79 Å². The second kappa shape index (κ2) is 5.32. The number of hydrogen-bond donors (Lipinski definition) is 2. The summed E-state index contributed by atoms with van der Waals surface area (Å²) in [6.45, 7) is 2.97. The van der Waals surface area contributed by atoms with E-state index in [0.717, 1.165) is 25.8 Å². The first-order valence-electron chi connectivity index (χ1n) is 5.29. The molecule has 4 heteroatoms. The number of nitrogens with zero attached hydrogens (tertiary/aromatic N) is 1. The van der Waals surface area contributed by atoms with Crippen LogP contribution in [0.5, 0.6) is 0 Å². The van der Waals surface area contributed by atoms with Crippen molar-refractivity contribution in [1.29, 1.82) is 0 Å². The Balaban J connectivity index is 2.58. The fourth-order valence-corrected chi connectivity index (χ4v) is 2.09. The van der Waals surface area contributed by atoms with Gasteiger partial charge in [0.1, 0.15) is 0 Å². The molecule has 1 amide bonds. The highest BCUT2D eigenvalue weighted by molar-refractivity contribution is 5.81. The number of aliphatic hydroxyl groups is 1. The van der Waals surface area contributed by atoms with Crippen molar-refractivity contribution in [3.8, 4) is 0 Å². The first-order chi connectivity index (χ1) is 6.70. The summed E-state index contributed by atoms with van der Waals surface area (Å²) in [6, 6.07) is 0.0356. The van der Waals surface area contributed by atoms with Crippen LogP contribution < -0.4 is 5.32 Å². The summed E-state index contributed by atoms with van der Waals surface area (Å²) in [5, 5.41) is 11.8. The Morgan fingerprint density at radius 1 is 1.64 bits per heavy atom. The third kappa shape index (κ3) is 2.45. The Morgan fingerprint density at radius 2 is 2.36 bits per heavy atom. The predicted octanol–water partition coefficient (Wildman–Crippen LogP) is -0.0323. The molecule has 0 aliphatic carbocycles. The van der Waals surface area contributed by atoms with E-state index in [0.29, 0.717) is 0 Å². The third-order valence-corrected chi connectivity index (χ3v) is 3.01. The van der Waals surface area contributed by atoms with Crippen LogP contribution in [0.25, 0.3) is 0 Å². The Labute approximate surface area is 85.3 Å². The summed E-state index contributed by atoms with van der Waals surface area (Å²) in [6.07, 6.45) is 3.28. The SMILES string of the molecule is CNC(=O)C(C)N1CCCCC1CO. The van der Waals surface area contributed by atoms with Crippen molar-refractivity contribution >= 4 is 5.91 Å². The minimum Gasteiger partial charge on any atom is -0.395 e. The van der Waals surface area contributed by atoms with E-state index in [4.69, 9.17) is 0 Å².